The standard InChI is InChI=1S/C17H17FN2O2/c18-15-3-1-2-4-16(15)22-11-17(21)20-9-12-7-14(10-19-8-12)13-5-6-13/h1-4,7-8,10,13H,5-6,9,11H2,(H,20,21). The van der Waals surface area contributed by atoms with E-state index in [0.717, 1.165) is 5.56 Å². The fourth-order valence-electron chi connectivity index (χ4n) is 2.20. The van der Waals surface area contributed by atoms with Crippen molar-refractivity contribution in [2.75, 3.05) is 6.61 Å². The van der Waals surface area contributed by atoms with E-state index < -0.39 is 5.82 Å². The molecule has 22 heavy (non-hydrogen) atoms. The molecule has 5 heteroatoms. The minimum absolute atomic E-state index is 0.0787. The summed E-state index contributed by atoms with van der Waals surface area (Å²) in [6.45, 7) is 0.184. The van der Waals surface area contributed by atoms with E-state index in [4.69, 9.17) is 4.74 Å². The van der Waals surface area contributed by atoms with Crippen LogP contribution in [-0.2, 0) is 11.3 Å². The van der Waals surface area contributed by atoms with Gasteiger partial charge in [-0.1, -0.05) is 18.2 Å². The molecular weight excluding hydrogens is 283 g/mol. The highest BCUT2D eigenvalue weighted by molar-refractivity contribution is 5.77. The number of hydrogen-bond donors (Lipinski definition) is 1. The Balaban J connectivity index is 1.48. The summed E-state index contributed by atoms with van der Waals surface area (Å²) in [7, 11) is 0. The zero-order valence-electron chi connectivity index (χ0n) is 12.1. The molecule has 0 spiro atoms. The van der Waals surface area contributed by atoms with Crippen LogP contribution in [0.4, 0.5) is 4.39 Å². The summed E-state index contributed by atoms with van der Waals surface area (Å²) in [5.74, 6) is -0.0562. The highest BCUT2D eigenvalue weighted by Crippen LogP contribution is 2.39. The molecule has 0 bridgehead atoms. The average Bonchev–Trinajstić information content (AvgIpc) is 3.37. The van der Waals surface area contributed by atoms with Gasteiger partial charge in [-0.25, -0.2) is 4.39 Å². The first-order chi connectivity index (χ1) is 10.7. The van der Waals surface area contributed by atoms with Gasteiger partial charge in [-0.3, -0.25) is 9.78 Å². The molecule has 1 aromatic carbocycles. The van der Waals surface area contributed by atoms with Gasteiger partial charge in [0.25, 0.3) is 5.91 Å². The Morgan fingerprint density at radius 2 is 2.14 bits per heavy atom. The van der Waals surface area contributed by atoms with Crippen LogP contribution in [0.5, 0.6) is 5.75 Å². The van der Waals surface area contributed by atoms with Crippen LogP contribution in [0.15, 0.2) is 42.7 Å². The van der Waals surface area contributed by atoms with Crippen molar-refractivity contribution in [3.05, 3.63) is 59.7 Å². The maximum Gasteiger partial charge on any atom is 0.258 e. The number of aromatic nitrogens is 1. The zero-order valence-corrected chi connectivity index (χ0v) is 12.1. The molecule has 3 rings (SSSR count). The number of ether oxygens (including phenoxy) is 1. The summed E-state index contributed by atoms with van der Waals surface area (Å²) in [5.41, 5.74) is 2.19. The monoisotopic (exact) mass is 300 g/mol. The van der Waals surface area contributed by atoms with Gasteiger partial charge in [-0.05, 0) is 42.0 Å². The summed E-state index contributed by atoms with van der Waals surface area (Å²) in [5, 5.41) is 2.75. The Morgan fingerprint density at radius 3 is 2.91 bits per heavy atom. The van der Waals surface area contributed by atoms with Crippen molar-refractivity contribution in [1.82, 2.24) is 10.3 Å². The van der Waals surface area contributed by atoms with E-state index >= 15 is 0 Å². The predicted octanol–water partition coefficient (Wildman–Crippen LogP) is 2.79. The first kappa shape index (κ1) is 14.5. The first-order valence-corrected chi connectivity index (χ1v) is 7.30. The molecule has 1 aromatic heterocycles. The number of para-hydroxylation sites is 1. The molecule has 0 unspecified atom stereocenters. The fourth-order valence-corrected chi connectivity index (χ4v) is 2.20. The van der Waals surface area contributed by atoms with Gasteiger partial charge in [-0.15, -0.1) is 0 Å². The second-order valence-corrected chi connectivity index (χ2v) is 5.40. The van der Waals surface area contributed by atoms with Crippen molar-refractivity contribution in [1.29, 1.82) is 0 Å². The Hall–Kier alpha value is -2.43. The van der Waals surface area contributed by atoms with Crippen LogP contribution in [0.25, 0.3) is 0 Å². The molecule has 1 amide bonds. The van der Waals surface area contributed by atoms with Gasteiger partial charge in [0.05, 0.1) is 0 Å². The number of nitrogens with zero attached hydrogens (tertiary/aromatic N) is 1. The minimum atomic E-state index is -0.475. The fraction of sp³-hybridized carbons (Fsp3) is 0.294. The Kier molecular flexibility index (Phi) is 4.32. The second kappa shape index (κ2) is 6.56. The van der Waals surface area contributed by atoms with Crippen molar-refractivity contribution < 1.29 is 13.9 Å². The number of benzene rings is 1. The van der Waals surface area contributed by atoms with Crippen molar-refractivity contribution in [2.24, 2.45) is 0 Å². The highest BCUT2D eigenvalue weighted by Gasteiger charge is 2.23. The van der Waals surface area contributed by atoms with E-state index in [1.54, 1.807) is 18.3 Å². The molecule has 0 radical (unpaired) electrons. The van der Waals surface area contributed by atoms with Crippen LogP contribution < -0.4 is 10.1 Å². The van der Waals surface area contributed by atoms with E-state index in [-0.39, 0.29) is 18.3 Å². The molecule has 114 valence electrons. The van der Waals surface area contributed by atoms with E-state index in [2.05, 4.69) is 16.4 Å². The molecule has 2 aromatic rings. The van der Waals surface area contributed by atoms with E-state index in [1.165, 1.54) is 30.5 Å². The molecule has 1 fully saturated rings. The molecule has 0 aliphatic heterocycles. The number of halogens is 1. The Bertz CT molecular complexity index is 671. The highest BCUT2D eigenvalue weighted by atomic mass is 19.1. The molecule has 1 heterocycles. The number of carbonyl (C=O) groups excluding carboxylic acids is 1. The van der Waals surface area contributed by atoms with Crippen LogP contribution in [0, 0.1) is 5.82 Å². The number of amides is 1. The third-order valence-electron chi connectivity index (χ3n) is 3.55. The Morgan fingerprint density at radius 1 is 1.32 bits per heavy atom. The molecular formula is C17H17FN2O2. The predicted molar refractivity (Wildman–Crippen MR) is 80.0 cm³/mol. The van der Waals surface area contributed by atoms with Crippen molar-refractivity contribution in [3.8, 4) is 5.75 Å². The molecule has 4 nitrogen and oxygen atoms in total. The van der Waals surface area contributed by atoms with E-state index in [9.17, 15) is 9.18 Å². The van der Waals surface area contributed by atoms with Crippen LogP contribution in [0.2, 0.25) is 0 Å². The van der Waals surface area contributed by atoms with E-state index in [0.29, 0.717) is 12.5 Å². The third-order valence-corrected chi connectivity index (χ3v) is 3.55. The normalized spacial score (nSPS) is 13.7. The lowest BCUT2D eigenvalue weighted by Gasteiger charge is -2.08. The molecule has 1 N–H and O–H groups in total. The first-order valence-electron chi connectivity index (χ1n) is 7.30. The van der Waals surface area contributed by atoms with Gasteiger partial charge in [0.1, 0.15) is 0 Å². The zero-order chi connectivity index (χ0) is 15.4. The van der Waals surface area contributed by atoms with Crippen molar-refractivity contribution in [2.45, 2.75) is 25.3 Å². The molecule has 0 atom stereocenters. The van der Waals surface area contributed by atoms with Gasteiger partial charge in [0.15, 0.2) is 18.2 Å². The third kappa shape index (κ3) is 3.81. The maximum absolute atomic E-state index is 13.4. The summed E-state index contributed by atoms with van der Waals surface area (Å²) in [6.07, 6.45) is 6.05. The number of carbonyl (C=O) groups is 1. The van der Waals surface area contributed by atoms with Crippen LogP contribution in [0.3, 0.4) is 0 Å². The molecule has 1 saturated carbocycles. The van der Waals surface area contributed by atoms with Crippen molar-refractivity contribution in [3.63, 3.8) is 0 Å². The molecule has 1 aliphatic rings. The lowest BCUT2D eigenvalue weighted by molar-refractivity contribution is -0.123. The van der Waals surface area contributed by atoms with Gasteiger partial charge in [0.2, 0.25) is 0 Å². The van der Waals surface area contributed by atoms with Crippen LogP contribution in [0.1, 0.15) is 29.9 Å². The summed E-state index contributed by atoms with van der Waals surface area (Å²) in [4.78, 5) is 16.0. The lowest BCUT2D eigenvalue weighted by Crippen LogP contribution is -2.28. The van der Waals surface area contributed by atoms with Crippen LogP contribution >= 0.6 is 0 Å². The second-order valence-electron chi connectivity index (χ2n) is 5.40. The summed E-state index contributed by atoms with van der Waals surface area (Å²) < 4.78 is 18.5. The van der Waals surface area contributed by atoms with Gasteiger partial charge in [-0.2, -0.15) is 0 Å². The molecule has 0 saturated heterocycles. The average molecular weight is 300 g/mol. The SMILES string of the molecule is O=C(COc1ccccc1F)NCc1cncc(C2CC2)c1. The maximum atomic E-state index is 13.4. The molecule has 1 aliphatic carbocycles. The minimum Gasteiger partial charge on any atom is -0.481 e. The largest absolute Gasteiger partial charge is 0.481 e. The van der Waals surface area contributed by atoms with Gasteiger partial charge < -0.3 is 10.1 Å². The topological polar surface area (TPSA) is 51.2 Å². The Labute approximate surface area is 128 Å². The number of rotatable bonds is 6. The quantitative estimate of drug-likeness (QED) is 0.892. The van der Waals surface area contributed by atoms with Crippen molar-refractivity contribution >= 4 is 5.91 Å². The number of pyridine rings is 1. The summed E-state index contributed by atoms with van der Waals surface area (Å²) in [6, 6.07) is 8.09. The van der Waals surface area contributed by atoms with Gasteiger partial charge >= 0.3 is 0 Å². The van der Waals surface area contributed by atoms with E-state index in [1.807, 2.05) is 6.20 Å². The smallest absolute Gasteiger partial charge is 0.258 e. The van der Waals surface area contributed by atoms with Crippen LogP contribution in [-0.4, -0.2) is 17.5 Å². The lowest BCUT2D eigenvalue weighted by atomic mass is 10.1. The number of nitrogens with one attached hydrogen (secondary N) is 1. The summed E-state index contributed by atoms with van der Waals surface area (Å²) >= 11 is 0. The van der Waals surface area contributed by atoms with Gasteiger partial charge in [0, 0.05) is 18.9 Å². The number of hydrogen-bond acceptors (Lipinski definition) is 3.